The van der Waals surface area contributed by atoms with E-state index in [0.29, 0.717) is 55.4 Å². The molecule has 0 aliphatic carbocycles. The number of unbranched alkanes of at least 4 members (excludes halogenated alkanes) is 1. The monoisotopic (exact) mass is 1050 g/mol. The zero-order chi connectivity index (χ0) is 53.5. The van der Waals surface area contributed by atoms with Crippen LogP contribution in [0.2, 0.25) is 0 Å². The van der Waals surface area contributed by atoms with Crippen LogP contribution in [0.5, 0.6) is 11.5 Å². The van der Waals surface area contributed by atoms with Crippen LogP contribution in [-0.4, -0.2) is 100 Å². The van der Waals surface area contributed by atoms with Gasteiger partial charge < -0.3 is 39.8 Å². The van der Waals surface area contributed by atoms with Crippen LogP contribution < -0.4 is 29.9 Å². The summed E-state index contributed by atoms with van der Waals surface area (Å²) in [7, 11) is 0. The van der Waals surface area contributed by atoms with Crippen LogP contribution in [0.4, 0.5) is 24.5 Å². The van der Waals surface area contributed by atoms with Crippen LogP contribution in [0.1, 0.15) is 86.6 Å². The molecule has 4 aromatic carbocycles. The maximum atomic E-state index is 14.1. The zero-order valence-corrected chi connectivity index (χ0v) is 43.5. The van der Waals surface area contributed by atoms with E-state index < -0.39 is 70.1 Å². The first-order valence-corrected chi connectivity index (χ1v) is 25.3. The van der Waals surface area contributed by atoms with Gasteiger partial charge in [-0.25, -0.2) is 4.98 Å². The number of hydrogen-bond donors (Lipinski definition) is 3. The van der Waals surface area contributed by atoms with Gasteiger partial charge in [0, 0.05) is 37.4 Å². The topological polar surface area (TPSA) is 187 Å². The first-order chi connectivity index (χ1) is 35.1. The number of carbonyl (C=O) groups excluding carboxylic acids is 4. The molecule has 3 heterocycles. The molecule has 1 aromatic heterocycles. The lowest BCUT2D eigenvalue weighted by molar-refractivity contribution is -0.142. The van der Waals surface area contributed by atoms with Crippen LogP contribution in [0.25, 0.3) is 10.4 Å². The molecule has 2 fully saturated rings. The fraction of sp³-hybridized carbons (Fsp3) is 0.389. The Labute approximate surface area is 437 Å². The molecule has 15 nitrogen and oxygen atoms in total. The first kappa shape index (κ1) is 54.8. The number of anilines is 2. The van der Waals surface area contributed by atoms with E-state index in [-0.39, 0.29) is 36.9 Å². The molecule has 20 heteroatoms. The van der Waals surface area contributed by atoms with E-state index in [4.69, 9.17) is 26.4 Å². The van der Waals surface area contributed by atoms with Gasteiger partial charge in [0.05, 0.1) is 58.3 Å². The van der Waals surface area contributed by atoms with Gasteiger partial charge in [-0.15, -0.1) is 11.3 Å². The summed E-state index contributed by atoms with van der Waals surface area (Å²) in [6, 6.07) is 23.9. The molecule has 390 valence electrons. The predicted octanol–water partition coefficient (Wildman–Crippen LogP) is 8.60. The predicted molar refractivity (Wildman–Crippen MR) is 278 cm³/mol. The third-order valence-corrected chi connectivity index (χ3v) is 14.0. The largest absolute Gasteiger partial charge is 0.494 e. The third kappa shape index (κ3) is 12.7. The Morgan fingerprint density at radius 2 is 1.55 bits per heavy atom. The van der Waals surface area contributed by atoms with Gasteiger partial charge in [0.15, 0.2) is 5.11 Å². The van der Waals surface area contributed by atoms with E-state index in [2.05, 4.69) is 15.6 Å². The maximum absolute atomic E-state index is 14.1. The summed E-state index contributed by atoms with van der Waals surface area (Å²) in [5.41, 5.74) is 1.74. The Balaban J connectivity index is 0.811. The SMILES string of the molecule is Cc1ncsc1-c1ccc(CNC(=O)[C@@H]2C[C@@H](O)CN2C(=O)[C@@H](NC(=O)c2ccc(OCCOCCCCOc3ccc(N4C(=S)N(c5ccc(C#N)c(C(F)(F)F)c5)C(=O)C4(C)C)cc3)cc2)C(C)(C)C)cc1. The number of rotatable bonds is 19. The summed E-state index contributed by atoms with van der Waals surface area (Å²) in [5, 5.41) is 25.6. The highest BCUT2D eigenvalue weighted by Gasteiger charge is 2.51. The molecule has 4 amide bonds. The van der Waals surface area contributed by atoms with Crippen molar-refractivity contribution in [1.82, 2.24) is 20.5 Å². The van der Waals surface area contributed by atoms with E-state index in [1.165, 1.54) is 11.0 Å². The van der Waals surface area contributed by atoms with Crippen molar-refractivity contribution in [3.8, 4) is 28.0 Å². The first-order valence-electron chi connectivity index (χ1n) is 24.0. The van der Waals surface area contributed by atoms with Crippen molar-refractivity contribution in [2.24, 2.45) is 5.41 Å². The number of aromatic nitrogens is 1. The van der Waals surface area contributed by atoms with Gasteiger partial charge in [-0.3, -0.25) is 24.1 Å². The number of hydrogen-bond acceptors (Lipinski definition) is 12. The van der Waals surface area contributed by atoms with Gasteiger partial charge in [0.2, 0.25) is 11.8 Å². The molecule has 0 radical (unpaired) electrons. The lowest BCUT2D eigenvalue weighted by Gasteiger charge is -2.35. The number of thiazole rings is 1. The number of likely N-dealkylation sites (tertiary alicyclic amines) is 1. The number of nitriles is 1. The van der Waals surface area contributed by atoms with E-state index in [0.717, 1.165) is 38.7 Å². The number of β-amino-alcohol motifs (C(OH)–C–C–N with tert-alkyl or cyclic N) is 1. The zero-order valence-electron chi connectivity index (χ0n) is 41.8. The molecule has 2 aliphatic heterocycles. The van der Waals surface area contributed by atoms with Crippen molar-refractivity contribution in [3.63, 3.8) is 0 Å². The fourth-order valence-corrected chi connectivity index (χ4v) is 10.00. The van der Waals surface area contributed by atoms with Crippen LogP contribution in [0, 0.1) is 23.7 Å². The van der Waals surface area contributed by atoms with E-state index >= 15 is 0 Å². The molecule has 3 atom stereocenters. The van der Waals surface area contributed by atoms with Crippen LogP contribution in [-0.2, 0) is 31.8 Å². The van der Waals surface area contributed by atoms with E-state index in [1.54, 1.807) is 90.2 Å². The number of thiocarbonyl (C=S) groups is 1. The number of ether oxygens (including phenoxy) is 3. The van der Waals surface area contributed by atoms with Crippen molar-refractivity contribution in [3.05, 3.63) is 124 Å². The van der Waals surface area contributed by atoms with Crippen LogP contribution in [0.3, 0.4) is 0 Å². The number of halogens is 3. The molecule has 5 aromatic rings. The van der Waals surface area contributed by atoms with Gasteiger partial charge >= 0.3 is 6.18 Å². The number of alkyl halides is 3. The smallest absolute Gasteiger partial charge is 0.417 e. The molecule has 0 unspecified atom stereocenters. The second-order valence-electron chi connectivity index (χ2n) is 19.5. The second kappa shape index (κ2) is 23.1. The fourth-order valence-electron chi connectivity index (χ4n) is 8.66. The molecule has 2 saturated heterocycles. The quantitative estimate of drug-likeness (QED) is 0.0529. The summed E-state index contributed by atoms with van der Waals surface area (Å²) in [6.45, 7) is 12.3. The van der Waals surface area contributed by atoms with Crippen molar-refractivity contribution >= 4 is 63.7 Å². The third-order valence-electron chi connectivity index (χ3n) is 12.7. The number of aliphatic hydroxyl groups is 1. The normalized spacial score (nSPS) is 17.0. The van der Waals surface area contributed by atoms with E-state index in [1.807, 2.05) is 52.0 Å². The van der Waals surface area contributed by atoms with Gasteiger partial charge in [0.1, 0.15) is 35.7 Å². The van der Waals surface area contributed by atoms with Gasteiger partial charge in [-0.05, 0) is 129 Å². The number of amides is 4. The molecule has 2 aliphatic rings. The summed E-state index contributed by atoms with van der Waals surface area (Å²) in [6.07, 6.45) is -4.24. The summed E-state index contributed by atoms with van der Waals surface area (Å²) in [5.74, 6) is -0.773. The number of benzene rings is 4. The Kier molecular flexibility index (Phi) is 17.1. The van der Waals surface area contributed by atoms with Crippen LogP contribution >= 0.6 is 23.6 Å². The standard InChI is InChI=1S/C54H58F3N7O8S2/c1-33-45(74-32-60-33)35-11-9-34(10-12-35)30-59-48(67)44-28-40(65)31-62(44)49(68)46(52(2,3)4)61-47(66)36-14-19-41(20-15-36)72-26-25-70-23-7-8-24-71-42-21-17-38(18-22-42)64-51(73)63(50(69)53(64,5)6)39-16-13-37(29-58)43(27-39)54(55,56)57/h9-22,27,32,40,44,46,65H,7-8,23-26,28,30-31H2,1-6H3,(H,59,67)(H,61,66)/t40-,44+,46-/m1/s1. The van der Waals surface area contributed by atoms with Crippen molar-refractivity contribution < 1.29 is 51.7 Å². The minimum atomic E-state index is -4.80. The van der Waals surface area contributed by atoms with Crippen LogP contribution in [0.15, 0.2) is 96.5 Å². The number of aryl methyl sites for hydroxylation is 1. The molecule has 0 saturated carbocycles. The number of aliphatic hydroxyl groups excluding tert-OH is 1. The molecule has 3 N–H and O–H groups in total. The van der Waals surface area contributed by atoms with Crippen molar-refractivity contribution in [1.29, 1.82) is 5.26 Å². The Bertz CT molecular complexity index is 2880. The summed E-state index contributed by atoms with van der Waals surface area (Å²) >= 11 is 7.19. The average Bonchev–Trinajstić information content (AvgIpc) is 4.03. The summed E-state index contributed by atoms with van der Waals surface area (Å²) in [4.78, 5) is 64.1. The Morgan fingerprint density at radius 1 is 0.919 bits per heavy atom. The Morgan fingerprint density at radius 3 is 2.18 bits per heavy atom. The van der Waals surface area contributed by atoms with Gasteiger partial charge in [0.25, 0.3) is 11.8 Å². The van der Waals surface area contributed by atoms with E-state index in [9.17, 15) is 42.7 Å². The molecule has 0 bridgehead atoms. The minimum Gasteiger partial charge on any atom is -0.494 e. The molecule has 0 spiro atoms. The minimum absolute atomic E-state index is 0.00599. The maximum Gasteiger partial charge on any atom is 0.417 e. The highest BCUT2D eigenvalue weighted by atomic mass is 32.1. The number of nitrogens with zero attached hydrogens (tertiary/aromatic N) is 5. The second-order valence-corrected chi connectivity index (χ2v) is 20.8. The highest BCUT2D eigenvalue weighted by molar-refractivity contribution is 7.81. The number of carbonyl (C=O) groups is 4. The average molecular weight is 1050 g/mol. The lowest BCUT2D eigenvalue weighted by atomic mass is 9.85. The highest BCUT2D eigenvalue weighted by Crippen LogP contribution is 2.40. The lowest BCUT2D eigenvalue weighted by Crippen LogP contribution is -2.57. The molecular formula is C54H58F3N7O8S2. The van der Waals surface area contributed by atoms with Gasteiger partial charge in [-0.1, -0.05) is 45.0 Å². The van der Waals surface area contributed by atoms with Gasteiger partial charge in [-0.2, -0.15) is 18.4 Å². The molecule has 74 heavy (non-hydrogen) atoms. The summed E-state index contributed by atoms with van der Waals surface area (Å²) < 4.78 is 58.6. The number of nitrogens with one attached hydrogen (secondary N) is 2. The Hall–Kier alpha value is -6.92. The molecule has 7 rings (SSSR count). The molecular weight excluding hydrogens is 996 g/mol. The van der Waals surface area contributed by atoms with Crippen molar-refractivity contribution in [2.45, 2.75) is 97.3 Å². The van der Waals surface area contributed by atoms with Crippen molar-refractivity contribution in [2.75, 3.05) is 42.8 Å².